The summed E-state index contributed by atoms with van der Waals surface area (Å²) >= 11 is 0. The third kappa shape index (κ3) is 3.51. The summed E-state index contributed by atoms with van der Waals surface area (Å²) in [6, 6.07) is 3.05. The number of likely N-dealkylation sites (tertiary alicyclic amines) is 1. The van der Waals surface area contributed by atoms with Gasteiger partial charge in [0.25, 0.3) is 5.91 Å². The number of aromatic hydroxyl groups is 1. The van der Waals surface area contributed by atoms with Gasteiger partial charge in [0.2, 0.25) is 0 Å². The van der Waals surface area contributed by atoms with Gasteiger partial charge in [-0.3, -0.25) is 9.59 Å². The molecule has 1 aliphatic rings. The number of ether oxygens (including phenoxy) is 1. The molecule has 1 aromatic carbocycles. The van der Waals surface area contributed by atoms with Crippen LogP contribution in [0.3, 0.4) is 0 Å². The van der Waals surface area contributed by atoms with E-state index in [-0.39, 0.29) is 35.7 Å². The molecular formula is C15H18FNO4. The molecule has 1 unspecified atom stereocenters. The second-order valence-electron chi connectivity index (χ2n) is 5.09. The van der Waals surface area contributed by atoms with E-state index in [0.29, 0.717) is 13.0 Å². The molecule has 0 aromatic heterocycles. The van der Waals surface area contributed by atoms with Crippen molar-refractivity contribution in [1.29, 1.82) is 0 Å². The predicted molar refractivity (Wildman–Crippen MR) is 73.4 cm³/mol. The van der Waals surface area contributed by atoms with Crippen LogP contribution in [0.1, 0.15) is 36.0 Å². The Kier molecular flexibility index (Phi) is 4.77. The fraction of sp³-hybridized carbons (Fsp3) is 0.467. The molecule has 1 fully saturated rings. The zero-order valence-electron chi connectivity index (χ0n) is 11.8. The smallest absolute Gasteiger partial charge is 0.307 e. The first-order chi connectivity index (χ1) is 10.0. The highest BCUT2D eigenvalue weighted by molar-refractivity contribution is 5.97. The first-order valence-electron chi connectivity index (χ1n) is 6.89. The van der Waals surface area contributed by atoms with Crippen LogP contribution in [-0.4, -0.2) is 41.6 Å². The molecule has 5 nitrogen and oxygen atoms in total. The van der Waals surface area contributed by atoms with Crippen LogP contribution in [0.2, 0.25) is 0 Å². The maximum Gasteiger partial charge on any atom is 0.307 e. The Hall–Kier alpha value is -2.11. The molecular weight excluding hydrogens is 277 g/mol. The Morgan fingerprint density at radius 1 is 1.43 bits per heavy atom. The van der Waals surface area contributed by atoms with Crippen LogP contribution in [0.5, 0.6) is 5.75 Å². The van der Waals surface area contributed by atoms with Gasteiger partial charge in [0.1, 0.15) is 11.6 Å². The van der Waals surface area contributed by atoms with E-state index < -0.39 is 5.82 Å². The number of carbonyl (C=O) groups is 2. The summed E-state index contributed by atoms with van der Waals surface area (Å²) < 4.78 is 17.7. The van der Waals surface area contributed by atoms with Gasteiger partial charge >= 0.3 is 5.97 Å². The molecule has 0 radical (unpaired) electrons. The number of phenolic OH excluding ortho intramolecular Hbond substituents is 1. The summed E-state index contributed by atoms with van der Waals surface area (Å²) in [5.74, 6) is -1.75. The van der Waals surface area contributed by atoms with Crippen LogP contribution in [0, 0.1) is 5.82 Å². The average molecular weight is 295 g/mol. The number of phenols is 1. The number of carbonyl (C=O) groups excluding carboxylic acids is 2. The third-order valence-corrected chi connectivity index (χ3v) is 3.71. The quantitative estimate of drug-likeness (QED) is 0.867. The lowest BCUT2D eigenvalue weighted by Gasteiger charge is -2.35. The minimum Gasteiger partial charge on any atom is -0.507 e. The monoisotopic (exact) mass is 295 g/mol. The predicted octanol–water partition coefficient (Wildman–Crippen LogP) is 2.09. The number of rotatable bonds is 3. The van der Waals surface area contributed by atoms with Crippen molar-refractivity contribution in [2.75, 3.05) is 13.7 Å². The van der Waals surface area contributed by atoms with Crippen molar-refractivity contribution in [3.8, 4) is 5.75 Å². The first kappa shape index (κ1) is 15.3. The summed E-state index contributed by atoms with van der Waals surface area (Å²) in [7, 11) is 1.31. The standard InChI is InChI=1S/C15H18FNO4/c1-21-14(19)9-11-4-2-3-7-17(11)15(20)12-6-5-10(16)8-13(12)18/h5-6,8,11,18H,2-4,7,9H2,1H3. The van der Waals surface area contributed by atoms with Gasteiger partial charge in [-0.15, -0.1) is 0 Å². The molecule has 1 atom stereocenters. The summed E-state index contributed by atoms with van der Waals surface area (Å²) in [6.07, 6.45) is 2.61. The Labute approximate surface area is 122 Å². The summed E-state index contributed by atoms with van der Waals surface area (Å²) in [6.45, 7) is 0.511. The normalized spacial score (nSPS) is 18.4. The highest BCUT2D eigenvalue weighted by Crippen LogP contribution is 2.26. The second kappa shape index (κ2) is 6.56. The zero-order valence-corrected chi connectivity index (χ0v) is 11.8. The molecule has 1 aliphatic heterocycles. The highest BCUT2D eigenvalue weighted by atomic mass is 19.1. The van der Waals surface area contributed by atoms with Crippen LogP contribution in [-0.2, 0) is 9.53 Å². The molecule has 114 valence electrons. The van der Waals surface area contributed by atoms with Crippen molar-refractivity contribution >= 4 is 11.9 Å². The third-order valence-electron chi connectivity index (χ3n) is 3.71. The second-order valence-corrected chi connectivity index (χ2v) is 5.09. The molecule has 1 heterocycles. The van der Waals surface area contributed by atoms with Gasteiger partial charge in [0.05, 0.1) is 19.1 Å². The van der Waals surface area contributed by atoms with Crippen LogP contribution in [0.25, 0.3) is 0 Å². The maximum absolute atomic E-state index is 13.0. The van der Waals surface area contributed by atoms with E-state index in [4.69, 9.17) is 0 Å². The number of esters is 1. The number of benzene rings is 1. The average Bonchev–Trinajstić information content (AvgIpc) is 2.47. The minimum absolute atomic E-state index is 0.0492. The van der Waals surface area contributed by atoms with Crippen LogP contribution in [0.4, 0.5) is 4.39 Å². The number of hydrogen-bond donors (Lipinski definition) is 1. The zero-order chi connectivity index (χ0) is 15.4. The van der Waals surface area contributed by atoms with E-state index in [9.17, 15) is 19.1 Å². The summed E-state index contributed by atoms with van der Waals surface area (Å²) in [5.41, 5.74) is 0.0492. The van der Waals surface area contributed by atoms with Gasteiger partial charge in [0, 0.05) is 18.7 Å². The fourth-order valence-electron chi connectivity index (χ4n) is 2.60. The first-order valence-corrected chi connectivity index (χ1v) is 6.89. The van der Waals surface area contributed by atoms with E-state index >= 15 is 0 Å². The lowest BCUT2D eigenvalue weighted by molar-refractivity contribution is -0.142. The van der Waals surface area contributed by atoms with E-state index in [1.54, 1.807) is 4.90 Å². The maximum atomic E-state index is 13.0. The number of methoxy groups -OCH3 is 1. The van der Waals surface area contributed by atoms with Gasteiger partial charge in [-0.25, -0.2) is 4.39 Å². The number of halogens is 1. The van der Waals surface area contributed by atoms with E-state index in [2.05, 4.69) is 4.74 Å². The molecule has 1 aromatic rings. The molecule has 1 amide bonds. The summed E-state index contributed by atoms with van der Waals surface area (Å²) in [5, 5.41) is 9.73. The van der Waals surface area contributed by atoms with Crippen molar-refractivity contribution in [1.82, 2.24) is 4.90 Å². The molecule has 0 spiro atoms. The molecule has 1 saturated heterocycles. The molecule has 6 heteroatoms. The van der Waals surface area contributed by atoms with Gasteiger partial charge in [-0.2, -0.15) is 0 Å². The number of amides is 1. The number of nitrogens with zero attached hydrogens (tertiary/aromatic N) is 1. The van der Waals surface area contributed by atoms with Crippen molar-refractivity contribution < 1.29 is 23.8 Å². The number of piperidine rings is 1. The van der Waals surface area contributed by atoms with Gasteiger partial charge in [-0.1, -0.05) is 0 Å². The van der Waals surface area contributed by atoms with E-state index in [1.165, 1.54) is 13.2 Å². The van der Waals surface area contributed by atoms with Crippen molar-refractivity contribution in [3.63, 3.8) is 0 Å². The minimum atomic E-state index is -0.603. The van der Waals surface area contributed by atoms with E-state index in [0.717, 1.165) is 25.0 Å². The molecule has 1 N–H and O–H groups in total. The highest BCUT2D eigenvalue weighted by Gasteiger charge is 2.30. The van der Waals surface area contributed by atoms with Crippen molar-refractivity contribution in [3.05, 3.63) is 29.6 Å². The molecule has 21 heavy (non-hydrogen) atoms. The lowest BCUT2D eigenvalue weighted by Crippen LogP contribution is -2.44. The Morgan fingerprint density at radius 3 is 2.86 bits per heavy atom. The molecule has 0 saturated carbocycles. The number of hydrogen-bond acceptors (Lipinski definition) is 4. The molecule has 0 aliphatic carbocycles. The Bertz CT molecular complexity index is 546. The Morgan fingerprint density at radius 2 is 2.19 bits per heavy atom. The van der Waals surface area contributed by atoms with Crippen LogP contribution in [0.15, 0.2) is 18.2 Å². The van der Waals surface area contributed by atoms with Crippen molar-refractivity contribution in [2.24, 2.45) is 0 Å². The largest absolute Gasteiger partial charge is 0.507 e. The van der Waals surface area contributed by atoms with E-state index in [1.807, 2.05) is 0 Å². The topological polar surface area (TPSA) is 66.8 Å². The SMILES string of the molecule is COC(=O)CC1CCCCN1C(=O)c1ccc(F)cc1O. The summed E-state index contributed by atoms with van der Waals surface area (Å²) in [4.78, 5) is 25.5. The molecule has 0 bridgehead atoms. The van der Waals surface area contributed by atoms with Crippen LogP contribution >= 0.6 is 0 Å². The van der Waals surface area contributed by atoms with Crippen LogP contribution < -0.4 is 0 Å². The van der Waals surface area contributed by atoms with Gasteiger partial charge in [0.15, 0.2) is 0 Å². The van der Waals surface area contributed by atoms with Crippen molar-refractivity contribution in [2.45, 2.75) is 31.7 Å². The fourth-order valence-corrected chi connectivity index (χ4v) is 2.60. The van der Waals surface area contributed by atoms with Gasteiger partial charge in [-0.05, 0) is 31.4 Å². The Balaban J connectivity index is 2.20. The molecule has 2 rings (SSSR count). The van der Waals surface area contributed by atoms with Gasteiger partial charge < -0.3 is 14.7 Å². The lowest BCUT2D eigenvalue weighted by atomic mass is 9.98.